The molecule has 2 aromatic heterocycles. The van der Waals surface area contributed by atoms with E-state index in [1.54, 1.807) is 17.4 Å². The van der Waals surface area contributed by atoms with Gasteiger partial charge < -0.3 is 5.11 Å². The van der Waals surface area contributed by atoms with Crippen LogP contribution >= 0.6 is 11.3 Å². The van der Waals surface area contributed by atoms with Crippen molar-refractivity contribution in [1.82, 2.24) is 9.97 Å². The average molecular weight is 763 g/mol. The van der Waals surface area contributed by atoms with Crippen molar-refractivity contribution in [3.05, 3.63) is 114 Å². The van der Waals surface area contributed by atoms with Crippen molar-refractivity contribution >= 4 is 21.6 Å². The molecule has 0 aliphatic rings. The van der Waals surface area contributed by atoms with E-state index in [0.717, 1.165) is 54.3 Å². The zero-order valence-electron chi connectivity index (χ0n) is 25.3. The quantitative estimate of drug-likeness (QED) is 0.182. The first kappa shape index (κ1) is 30.9. The number of phenolic OH excluding ortho intramolecular Hbond substituents is 1. The average Bonchev–Trinajstić information content (AvgIpc) is 3.41. The number of phenols is 1. The molecule has 0 fully saturated rings. The molecule has 6 rings (SSSR count). The van der Waals surface area contributed by atoms with Crippen molar-refractivity contribution in [2.24, 2.45) is 0 Å². The molecule has 1 N–H and O–H groups in total. The van der Waals surface area contributed by atoms with E-state index >= 15 is 0 Å². The van der Waals surface area contributed by atoms with Crippen LogP contribution in [0.3, 0.4) is 0 Å². The van der Waals surface area contributed by atoms with Gasteiger partial charge in [0.15, 0.2) is 0 Å². The third-order valence-corrected chi connectivity index (χ3v) is 8.69. The van der Waals surface area contributed by atoms with Crippen LogP contribution < -0.4 is 0 Å². The molecule has 0 amide bonds. The minimum absolute atomic E-state index is 0. The predicted octanol–water partition coefficient (Wildman–Crippen LogP) is 10.5. The minimum atomic E-state index is -0.137. The van der Waals surface area contributed by atoms with Gasteiger partial charge in [0.2, 0.25) is 0 Å². The van der Waals surface area contributed by atoms with Crippen LogP contribution in [0.5, 0.6) is 5.75 Å². The van der Waals surface area contributed by atoms with Crippen molar-refractivity contribution in [2.75, 3.05) is 0 Å². The van der Waals surface area contributed by atoms with E-state index in [-0.39, 0.29) is 37.6 Å². The molecule has 0 unspecified atom stereocenters. The molecular formula is C38H35N2OPtS-. The molecular weight excluding hydrogens is 728 g/mol. The first-order valence-electron chi connectivity index (χ1n) is 14.3. The third-order valence-electron chi connectivity index (χ3n) is 7.64. The first-order valence-corrected chi connectivity index (χ1v) is 15.1. The molecule has 0 bridgehead atoms. The van der Waals surface area contributed by atoms with Gasteiger partial charge in [0.05, 0.1) is 11.1 Å². The molecule has 0 radical (unpaired) electrons. The monoisotopic (exact) mass is 762 g/mol. The SMILES string of the molecule is CC(C)(C)c1cc(C(C)(C)C)c(-c2cccc3sc(-c4ccccc4O)nc23)[c-]c1-c1cc(-c2ccccc2)ccn1.[Pt]. The molecule has 220 valence electrons. The van der Waals surface area contributed by atoms with Gasteiger partial charge in [-0.3, -0.25) is 4.98 Å². The van der Waals surface area contributed by atoms with Gasteiger partial charge in [0, 0.05) is 37.7 Å². The number of fused-ring (bicyclic) bond motifs is 1. The number of benzene rings is 4. The number of thiazole rings is 1. The van der Waals surface area contributed by atoms with Gasteiger partial charge in [-0.25, -0.2) is 4.98 Å². The van der Waals surface area contributed by atoms with Gasteiger partial charge in [-0.15, -0.1) is 40.2 Å². The summed E-state index contributed by atoms with van der Waals surface area (Å²) in [5.41, 5.74) is 10.1. The van der Waals surface area contributed by atoms with Crippen LogP contribution in [0.15, 0.2) is 97.2 Å². The second kappa shape index (κ2) is 11.8. The van der Waals surface area contributed by atoms with Crippen LogP contribution in [0, 0.1) is 6.07 Å². The molecule has 0 aliphatic heterocycles. The van der Waals surface area contributed by atoms with E-state index in [0.29, 0.717) is 0 Å². The third kappa shape index (κ3) is 6.09. The summed E-state index contributed by atoms with van der Waals surface area (Å²) in [4.78, 5) is 9.97. The van der Waals surface area contributed by atoms with E-state index in [1.807, 2.05) is 30.5 Å². The molecule has 2 heterocycles. The van der Waals surface area contributed by atoms with Gasteiger partial charge in [-0.1, -0.05) is 113 Å². The van der Waals surface area contributed by atoms with E-state index in [2.05, 4.69) is 108 Å². The zero-order valence-corrected chi connectivity index (χ0v) is 28.4. The summed E-state index contributed by atoms with van der Waals surface area (Å²) in [5, 5.41) is 11.4. The second-order valence-electron chi connectivity index (χ2n) is 12.8. The number of nitrogens with zero attached hydrogens (tertiary/aromatic N) is 2. The fourth-order valence-corrected chi connectivity index (χ4v) is 6.47. The van der Waals surface area contributed by atoms with Gasteiger partial charge in [0.25, 0.3) is 0 Å². The molecule has 6 aromatic rings. The fourth-order valence-electron chi connectivity index (χ4n) is 5.44. The maximum Gasteiger partial charge on any atom is 0.127 e. The zero-order chi connectivity index (χ0) is 29.6. The summed E-state index contributed by atoms with van der Waals surface area (Å²) in [6.07, 6.45) is 1.90. The Balaban J connectivity index is 0.00000368. The van der Waals surface area contributed by atoms with Crippen LogP contribution in [0.2, 0.25) is 0 Å². The second-order valence-corrected chi connectivity index (χ2v) is 13.9. The number of aromatic hydroxyl groups is 1. The minimum Gasteiger partial charge on any atom is -0.507 e. The van der Waals surface area contributed by atoms with Crippen LogP contribution in [0.4, 0.5) is 0 Å². The van der Waals surface area contributed by atoms with E-state index in [4.69, 9.17) is 9.97 Å². The standard InChI is InChI=1S/C38H35N2OS.Pt/c1-37(2,3)30-23-31(38(4,5)6)29(32-21-25(19-20-39-32)24-13-8-7-9-14-24)22-28(30)26-16-12-18-34-35(26)40-36(42-34)27-15-10-11-17-33(27)41;/h7-21,23,41H,1-6H3;/q-1;. The summed E-state index contributed by atoms with van der Waals surface area (Å²) in [6.45, 7) is 13.5. The Bertz CT molecular complexity index is 1910. The maximum atomic E-state index is 10.6. The Kier molecular flexibility index (Phi) is 8.49. The van der Waals surface area contributed by atoms with Gasteiger partial charge >= 0.3 is 0 Å². The molecule has 0 aliphatic carbocycles. The van der Waals surface area contributed by atoms with Crippen molar-refractivity contribution < 1.29 is 26.2 Å². The molecule has 0 saturated carbocycles. The van der Waals surface area contributed by atoms with Crippen molar-refractivity contribution in [3.63, 3.8) is 0 Å². The Morgan fingerprint density at radius 3 is 2.02 bits per heavy atom. The van der Waals surface area contributed by atoms with Gasteiger partial charge in [0.1, 0.15) is 10.8 Å². The number of pyridine rings is 1. The Morgan fingerprint density at radius 2 is 1.33 bits per heavy atom. The molecule has 5 heteroatoms. The van der Waals surface area contributed by atoms with Crippen LogP contribution in [-0.4, -0.2) is 15.1 Å². The summed E-state index contributed by atoms with van der Waals surface area (Å²) >= 11 is 1.60. The Hall–Kier alpha value is -3.59. The first-order chi connectivity index (χ1) is 20.0. The normalized spacial score (nSPS) is 11.9. The summed E-state index contributed by atoms with van der Waals surface area (Å²) in [6, 6.07) is 34.7. The number of para-hydroxylation sites is 2. The smallest absolute Gasteiger partial charge is 0.127 e. The predicted molar refractivity (Wildman–Crippen MR) is 177 cm³/mol. The number of hydrogen-bond acceptors (Lipinski definition) is 4. The molecule has 43 heavy (non-hydrogen) atoms. The molecule has 0 saturated heterocycles. The molecule has 3 nitrogen and oxygen atoms in total. The van der Waals surface area contributed by atoms with Crippen LogP contribution in [0.1, 0.15) is 52.7 Å². The summed E-state index contributed by atoms with van der Waals surface area (Å²) < 4.78 is 1.07. The van der Waals surface area contributed by atoms with Gasteiger partial charge in [-0.2, -0.15) is 0 Å². The fraction of sp³-hybridized carbons (Fsp3) is 0.211. The molecule has 0 spiro atoms. The Morgan fingerprint density at radius 1 is 0.674 bits per heavy atom. The van der Waals surface area contributed by atoms with Crippen molar-refractivity contribution in [3.8, 4) is 49.8 Å². The van der Waals surface area contributed by atoms with E-state index < -0.39 is 0 Å². The number of hydrogen-bond donors (Lipinski definition) is 1. The van der Waals surface area contributed by atoms with Gasteiger partial charge in [-0.05, 0) is 46.2 Å². The molecule has 0 atom stereocenters. The molecule has 4 aromatic carbocycles. The van der Waals surface area contributed by atoms with Crippen LogP contribution in [-0.2, 0) is 31.9 Å². The van der Waals surface area contributed by atoms with Crippen molar-refractivity contribution in [2.45, 2.75) is 52.4 Å². The number of aromatic nitrogens is 2. The Labute approximate surface area is 273 Å². The summed E-state index contributed by atoms with van der Waals surface area (Å²) in [5.74, 6) is 0.237. The topological polar surface area (TPSA) is 46.0 Å². The largest absolute Gasteiger partial charge is 0.507 e. The van der Waals surface area contributed by atoms with Crippen LogP contribution in [0.25, 0.3) is 54.3 Å². The number of rotatable bonds is 4. The van der Waals surface area contributed by atoms with E-state index in [9.17, 15) is 5.11 Å². The van der Waals surface area contributed by atoms with Crippen molar-refractivity contribution in [1.29, 1.82) is 0 Å². The maximum absolute atomic E-state index is 10.6. The van der Waals surface area contributed by atoms with E-state index in [1.165, 1.54) is 11.1 Å². The summed E-state index contributed by atoms with van der Waals surface area (Å²) in [7, 11) is 0.